The van der Waals surface area contributed by atoms with Gasteiger partial charge in [0.15, 0.2) is 0 Å². The van der Waals surface area contributed by atoms with Crippen molar-refractivity contribution in [2.24, 2.45) is 0 Å². The standard InChI is InChI=1S/C22H21N5/c1-3-16-8-4-7-15(2)20(16)27-22-24-14-12-19(26-22)25-18-11-5-9-17-10-6-13-23-21(17)18/h4-14H,3H2,1-2H3,(H2,24,25,26,27). The molecule has 0 fully saturated rings. The predicted octanol–water partition coefficient (Wildman–Crippen LogP) is 5.38. The minimum atomic E-state index is 0.567. The highest BCUT2D eigenvalue weighted by atomic mass is 15.1. The fourth-order valence-corrected chi connectivity index (χ4v) is 3.15. The number of nitrogens with zero attached hydrogens (tertiary/aromatic N) is 3. The fourth-order valence-electron chi connectivity index (χ4n) is 3.15. The molecule has 5 heteroatoms. The second-order valence-electron chi connectivity index (χ2n) is 6.36. The van der Waals surface area contributed by atoms with Crippen molar-refractivity contribution in [3.63, 3.8) is 0 Å². The van der Waals surface area contributed by atoms with Crippen LogP contribution in [0, 0.1) is 6.92 Å². The van der Waals surface area contributed by atoms with Gasteiger partial charge in [0.1, 0.15) is 5.82 Å². The Balaban J connectivity index is 1.64. The Morgan fingerprint density at radius 2 is 1.70 bits per heavy atom. The van der Waals surface area contributed by atoms with E-state index in [1.54, 1.807) is 12.4 Å². The van der Waals surface area contributed by atoms with Gasteiger partial charge in [-0.15, -0.1) is 0 Å². The van der Waals surface area contributed by atoms with E-state index < -0.39 is 0 Å². The molecule has 0 amide bonds. The molecule has 0 spiro atoms. The summed E-state index contributed by atoms with van der Waals surface area (Å²) in [5.41, 5.74) is 5.33. The number of anilines is 4. The van der Waals surface area contributed by atoms with E-state index in [4.69, 9.17) is 0 Å². The van der Waals surface area contributed by atoms with Gasteiger partial charge in [-0.2, -0.15) is 4.98 Å². The van der Waals surface area contributed by atoms with Crippen molar-refractivity contribution in [3.8, 4) is 0 Å². The fraction of sp³-hybridized carbons (Fsp3) is 0.136. The lowest BCUT2D eigenvalue weighted by molar-refractivity contribution is 1.11. The van der Waals surface area contributed by atoms with Crippen molar-refractivity contribution in [1.82, 2.24) is 15.0 Å². The van der Waals surface area contributed by atoms with Crippen LogP contribution in [-0.2, 0) is 6.42 Å². The van der Waals surface area contributed by atoms with Crippen LogP contribution < -0.4 is 10.6 Å². The maximum absolute atomic E-state index is 4.63. The zero-order valence-corrected chi connectivity index (χ0v) is 15.4. The lowest BCUT2D eigenvalue weighted by Gasteiger charge is -2.14. The van der Waals surface area contributed by atoms with Gasteiger partial charge in [0.25, 0.3) is 0 Å². The van der Waals surface area contributed by atoms with Crippen molar-refractivity contribution in [1.29, 1.82) is 0 Å². The Bertz CT molecular complexity index is 1090. The molecule has 0 saturated heterocycles. The third kappa shape index (κ3) is 3.58. The van der Waals surface area contributed by atoms with E-state index in [1.165, 1.54) is 11.1 Å². The number of benzene rings is 2. The smallest absolute Gasteiger partial charge is 0.229 e. The number of nitrogens with one attached hydrogen (secondary N) is 2. The monoisotopic (exact) mass is 355 g/mol. The Morgan fingerprint density at radius 3 is 2.59 bits per heavy atom. The summed E-state index contributed by atoms with van der Waals surface area (Å²) in [6.07, 6.45) is 4.49. The van der Waals surface area contributed by atoms with E-state index in [0.29, 0.717) is 5.95 Å². The summed E-state index contributed by atoms with van der Waals surface area (Å²) in [5, 5.41) is 7.83. The zero-order chi connectivity index (χ0) is 18.6. The minimum absolute atomic E-state index is 0.567. The molecule has 0 aliphatic rings. The van der Waals surface area contributed by atoms with Gasteiger partial charge < -0.3 is 10.6 Å². The van der Waals surface area contributed by atoms with Crippen molar-refractivity contribution in [3.05, 3.63) is 78.1 Å². The van der Waals surface area contributed by atoms with Crippen LogP contribution in [0.3, 0.4) is 0 Å². The van der Waals surface area contributed by atoms with Gasteiger partial charge in [-0.1, -0.05) is 43.3 Å². The van der Waals surface area contributed by atoms with Crippen LogP contribution in [-0.4, -0.2) is 15.0 Å². The molecule has 0 radical (unpaired) electrons. The maximum atomic E-state index is 4.63. The first-order chi connectivity index (χ1) is 13.2. The minimum Gasteiger partial charge on any atom is -0.338 e. The maximum Gasteiger partial charge on any atom is 0.229 e. The van der Waals surface area contributed by atoms with Gasteiger partial charge in [0.05, 0.1) is 11.2 Å². The SMILES string of the molecule is CCc1cccc(C)c1Nc1nccc(Nc2cccc3cccnc23)n1. The number of fused-ring (bicyclic) bond motifs is 1. The van der Waals surface area contributed by atoms with Gasteiger partial charge in [-0.3, -0.25) is 4.98 Å². The lowest BCUT2D eigenvalue weighted by Crippen LogP contribution is -2.03. The Morgan fingerprint density at radius 1 is 0.852 bits per heavy atom. The van der Waals surface area contributed by atoms with Crippen molar-refractivity contribution >= 4 is 34.0 Å². The molecule has 2 aromatic carbocycles. The number of hydrogen-bond acceptors (Lipinski definition) is 5. The summed E-state index contributed by atoms with van der Waals surface area (Å²) in [7, 11) is 0. The van der Waals surface area contributed by atoms with Gasteiger partial charge >= 0.3 is 0 Å². The van der Waals surface area contributed by atoms with E-state index in [1.807, 2.05) is 36.4 Å². The first-order valence-corrected chi connectivity index (χ1v) is 9.04. The molecule has 27 heavy (non-hydrogen) atoms. The number of hydrogen-bond donors (Lipinski definition) is 2. The summed E-state index contributed by atoms with van der Waals surface area (Å²) in [4.78, 5) is 13.5. The van der Waals surface area contributed by atoms with E-state index in [2.05, 4.69) is 57.6 Å². The number of aromatic nitrogens is 3. The predicted molar refractivity (Wildman–Crippen MR) is 111 cm³/mol. The molecule has 0 aliphatic carbocycles. The molecule has 0 saturated carbocycles. The van der Waals surface area contributed by atoms with Crippen LogP contribution in [0.1, 0.15) is 18.1 Å². The van der Waals surface area contributed by atoms with E-state index >= 15 is 0 Å². The molecular weight excluding hydrogens is 334 g/mol. The number of aryl methyl sites for hydroxylation is 2. The Hall–Kier alpha value is -3.47. The van der Waals surface area contributed by atoms with Crippen molar-refractivity contribution in [2.75, 3.05) is 10.6 Å². The molecule has 0 atom stereocenters. The quantitative estimate of drug-likeness (QED) is 0.503. The first kappa shape index (κ1) is 17.0. The van der Waals surface area contributed by atoms with Crippen LogP contribution in [0.5, 0.6) is 0 Å². The highest BCUT2D eigenvalue weighted by Gasteiger charge is 2.08. The summed E-state index contributed by atoms with van der Waals surface area (Å²) in [5.74, 6) is 1.29. The molecule has 0 bridgehead atoms. The topological polar surface area (TPSA) is 62.7 Å². The van der Waals surface area contributed by atoms with E-state index in [9.17, 15) is 0 Å². The number of rotatable bonds is 5. The third-order valence-corrected chi connectivity index (χ3v) is 4.53. The van der Waals surface area contributed by atoms with Crippen LogP contribution in [0.15, 0.2) is 67.0 Å². The van der Waals surface area contributed by atoms with Crippen molar-refractivity contribution < 1.29 is 0 Å². The molecule has 2 aromatic heterocycles. The van der Waals surface area contributed by atoms with Crippen molar-refractivity contribution in [2.45, 2.75) is 20.3 Å². The molecule has 4 aromatic rings. The van der Waals surface area contributed by atoms with Gasteiger partial charge in [0.2, 0.25) is 5.95 Å². The van der Waals surface area contributed by atoms with Crippen LogP contribution in [0.4, 0.5) is 23.1 Å². The van der Waals surface area contributed by atoms with E-state index in [-0.39, 0.29) is 0 Å². The lowest BCUT2D eigenvalue weighted by atomic mass is 10.1. The normalized spacial score (nSPS) is 10.7. The molecule has 0 aliphatic heterocycles. The molecule has 2 N–H and O–H groups in total. The summed E-state index contributed by atoms with van der Waals surface area (Å²) < 4.78 is 0. The van der Waals surface area contributed by atoms with Crippen LogP contribution in [0.2, 0.25) is 0 Å². The molecule has 2 heterocycles. The third-order valence-electron chi connectivity index (χ3n) is 4.53. The average Bonchev–Trinajstić information content (AvgIpc) is 2.70. The highest BCUT2D eigenvalue weighted by molar-refractivity contribution is 5.91. The Kier molecular flexibility index (Phi) is 4.66. The van der Waals surface area contributed by atoms with Gasteiger partial charge in [0, 0.05) is 23.5 Å². The molecule has 5 nitrogen and oxygen atoms in total. The zero-order valence-electron chi connectivity index (χ0n) is 15.4. The van der Waals surface area contributed by atoms with Crippen LogP contribution >= 0.6 is 0 Å². The second kappa shape index (κ2) is 7.41. The first-order valence-electron chi connectivity index (χ1n) is 9.04. The molecule has 0 unspecified atom stereocenters. The van der Waals surface area contributed by atoms with E-state index in [0.717, 1.165) is 34.5 Å². The van der Waals surface area contributed by atoms with Gasteiger partial charge in [-0.25, -0.2) is 4.98 Å². The number of para-hydroxylation sites is 2. The summed E-state index contributed by atoms with van der Waals surface area (Å²) in [6.45, 7) is 4.23. The van der Waals surface area contributed by atoms with Crippen LogP contribution in [0.25, 0.3) is 10.9 Å². The molecule has 4 rings (SSSR count). The number of pyridine rings is 1. The Labute approximate surface area is 158 Å². The average molecular weight is 355 g/mol. The highest BCUT2D eigenvalue weighted by Crippen LogP contribution is 2.26. The summed E-state index contributed by atoms with van der Waals surface area (Å²) in [6, 6.07) is 18.2. The van der Waals surface area contributed by atoms with Gasteiger partial charge in [-0.05, 0) is 42.7 Å². The molecular formula is C22H21N5. The summed E-state index contributed by atoms with van der Waals surface area (Å²) >= 11 is 0. The largest absolute Gasteiger partial charge is 0.338 e. The molecule has 134 valence electrons. The second-order valence-corrected chi connectivity index (χ2v) is 6.36.